The molecule has 128 valence electrons. The largest absolute Gasteiger partial charge is 0.337 e. The fourth-order valence-electron chi connectivity index (χ4n) is 1.60. The minimum absolute atomic E-state index is 0.0503. The van der Waals surface area contributed by atoms with E-state index in [0.717, 1.165) is 12.8 Å². The molecule has 0 saturated carbocycles. The van der Waals surface area contributed by atoms with Crippen LogP contribution in [0, 0.1) is 5.92 Å². The van der Waals surface area contributed by atoms with E-state index in [2.05, 4.69) is 10.6 Å². The molecule has 0 radical (unpaired) electrons. The lowest BCUT2D eigenvalue weighted by Gasteiger charge is -2.10. The lowest BCUT2D eigenvalue weighted by atomic mass is 10.2. The maximum Gasteiger partial charge on any atom is 0.328 e. The molecule has 7 nitrogen and oxygen atoms in total. The summed E-state index contributed by atoms with van der Waals surface area (Å²) in [5, 5.41) is 5.13. The minimum Gasteiger partial charge on any atom is -0.337 e. The molecule has 3 N–H and O–H groups in total. The molecular formula is C15H23N3O4S. The van der Waals surface area contributed by atoms with Crippen LogP contribution in [0.25, 0.3) is 0 Å². The molecule has 0 heterocycles. The molecule has 1 aromatic rings. The summed E-state index contributed by atoms with van der Waals surface area (Å²) in [5.74, 6) is -0.332. The molecule has 0 aliphatic carbocycles. The predicted molar refractivity (Wildman–Crippen MR) is 88.5 cm³/mol. The molecule has 1 rings (SSSR count). The molecule has 0 aromatic heterocycles. The van der Waals surface area contributed by atoms with Crippen molar-refractivity contribution in [1.29, 1.82) is 0 Å². The van der Waals surface area contributed by atoms with Crippen molar-refractivity contribution in [3.05, 3.63) is 24.3 Å². The number of benzene rings is 1. The van der Waals surface area contributed by atoms with Crippen molar-refractivity contribution in [2.45, 2.75) is 38.5 Å². The van der Waals surface area contributed by atoms with E-state index in [1.165, 1.54) is 24.3 Å². The van der Waals surface area contributed by atoms with Crippen LogP contribution in [0.4, 0.5) is 10.5 Å². The molecule has 23 heavy (non-hydrogen) atoms. The van der Waals surface area contributed by atoms with E-state index in [4.69, 9.17) is 0 Å². The first-order valence-corrected chi connectivity index (χ1v) is 8.96. The van der Waals surface area contributed by atoms with Crippen LogP contribution in [0.5, 0.6) is 0 Å². The Morgan fingerprint density at radius 2 is 1.74 bits per heavy atom. The van der Waals surface area contributed by atoms with Crippen LogP contribution in [0.3, 0.4) is 0 Å². The van der Waals surface area contributed by atoms with Crippen LogP contribution in [0.15, 0.2) is 29.2 Å². The predicted octanol–water partition coefficient (Wildman–Crippen LogP) is 2.07. The second-order valence-electron chi connectivity index (χ2n) is 5.38. The van der Waals surface area contributed by atoms with Crippen molar-refractivity contribution in [1.82, 2.24) is 10.0 Å². The maximum absolute atomic E-state index is 12.1. The van der Waals surface area contributed by atoms with Gasteiger partial charge in [0.15, 0.2) is 0 Å². The van der Waals surface area contributed by atoms with Crippen LogP contribution in [0.1, 0.15) is 33.6 Å². The van der Waals surface area contributed by atoms with Gasteiger partial charge in [-0.3, -0.25) is 4.79 Å². The lowest BCUT2D eigenvalue weighted by Crippen LogP contribution is -2.39. The van der Waals surface area contributed by atoms with Crippen molar-refractivity contribution in [2.75, 3.05) is 11.9 Å². The van der Waals surface area contributed by atoms with Gasteiger partial charge in [0.25, 0.3) is 10.0 Å². The number of carbonyl (C=O) groups excluding carboxylic acids is 2. The first-order chi connectivity index (χ1) is 10.8. The fraction of sp³-hybridized carbons (Fsp3) is 0.467. The van der Waals surface area contributed by atoms with Crippen molar-refractivity contribution in [2.24, 2.45) is 5.92 Å². The van der Waals surface area contributed by atoms with Crippen molar-refractivity contribution >= 4 is 27.6 Å². The summed E-state index contributed by atoms with van der Waals surface area (Å²) in [6.45, 7) is 5.90. The van der Waals surface area contributed by atoms with Gasteiger partial charge in [0.2, 0.25) is 5.91 Å². The molecule has 8 heteroatoms. The quantitative estimate of drug-likeness (QED) is 0.660. The molecule has 0 fully saturated rings. The minimum atomic E-state index is -3.93. The van der Waals surface area contributed by atoms with Crippen LogP contribution in [-0.2, 0) is 14.8 Å². The van der Waals surface area contributed by atoms with Gasteiger partial charge in [0.05, 0.1) is 4.90 Å². The molecule has 0 aliphatic heterocycles. The second-order valence-corrected chi connectivity index (χ2v) is 7.07. The second kappa shape index (κ2) is 8.52. The van der Waals surface area contributed by atoms with Gasteiger partial charge < -0.3 is 10.6 Å². The van der Waals surface area contributed by atoms with Gasteiger partial charge in [-0.05, 0) is 30.7 Å². The number of amides is 3. The zero-order chi connectivity index (χ0) is 17.5. The number of unbranched alkanes of at least 4 members (excludes halogenated alkanes) is 1. The summed E-state index contributed by atoms with van der Waals surface area (Å²) in [4.78, 5) is 23.1. The molecule has 0 unspecified atom stereocenters. The zero-order valence-electron chi connectivity index (χ0n) is 13.5. The van der Waals surface area contributed by atoms with Crippen molar-refractivity contribution in [3.63, 3.8) is 0 Å². The maximum atomic E-state index is 12.1. The monoisotopic (exact) mass is 341 g/mol. The zero-order valence-corrected chi connectivity index (χ0v) is 14.4. The standard InChI is InChI=1S/C15H23N3O4S/c1-4-5-10-16-15(20)18-23(21,22)13-8-6-12(7-9-13)17-14(19)11(2)3/h6-9,11H,4-5,10H2,1-3H3,(H,17,19)(H2,16,18,20). The molecule has 0 atom stereocenters. The van der Waals surface area contributed by atoms with Gasteiger partial charge in [-0.2, -0.15) is 0 Å². The third-order valence-electron chi connectivity index (χ3n) is 3.00. The van der Waals surface area contributed by atoms with Gasteiger partial charge in [-0.15, -0.1) is 0 Å². The Bertz CT molecular complexity index is 639. The lowest BCUT2D eigenvalue weighted by molar-refractivity contribution is -0.118. The van der Waals surface area contributed by atoms with E-state index in [0.29, 0.717) is 12.2 Å². The topological polar surface area (TPSA) is 104 Å². The Kier molecular flexibility index (Phi) is 7.02. The fourth-order valence-corrected chi connectivity index (χ4v) is 2.53. The molecule has 0 aliphatic rings. The van der Waals surface area contributed by atoms with Crippen LogP contribution < -0.4 is 15.4 Å². The Balaban J connectivity index is 2.70. The van der Waals surface area contributed by atoms with E-state index in [-0.39, 0.29) is 16.7 Å². The number of sulfonamides is 1. The Labute approximate surface area is 136 Å². The summed E-state index contributed by atoms with van der Waals surface area (Å²) < 4.78 is 26.1. The van der Waals surface area contributed by atoms with Gasteiger partial charge in [0, 0.05) is 18.2 Å². The first kappa shape index (κ1) is 19.0. The summed E-state index contributed by atoms with van der Waals surface area (Å²) in [6, 6.07) is 4.86. The molecule has 0 saturated heterocycles. The summed E-state index contributed by atoms with van der Waals surface area (Å²) in [5.41, 5.74) is 0.495. The number of anilines is 1. The average Bonchev–Trinajstić information content (AvgIpc) is 2.47. The van der Waals surface area contributed by atoms with Crippen molar-refractivity contribution in [3.8, 4) is 0 Å². The van der Waals surface area contributed by atoms with E-state index < -0.39 is 16.1 Å². The number of rotatable bonds is 7. The summed E-state index contributed by atoms with van der Waals surface area (Å²) in [7, 11) is -3.93. The molecule has 1 aromatic carbocycles. The van der Waals surface area contributed by atoms with Crippen molar-refractivity contribution < 1.29 is 18.0 Å². The van der Waals surface area contributed by atoms with Gasteiger partial charge in [-0.1, -0.05) is 27.2 Å². The third-order valence-corrected chi connectivity index (χ3v) is 4.35. The molecule has 3 amide bonds. The Morgan fingerprint density at radius 3 is 2.26 bits per heavy atom. The number of hydrogen-bond donors (Lipinski definition) is 3. The molecular weight excluding hydrogens is 318 g/mol. The number of hydrogen-bond acceptors (Lipinski definition) is 4. The highest BCUT2D eigenvalue weighted by atomic mass is 32.2. The average molecular weight is 341 g/mol. The van der Waals surface area contributed by atoms with E-state index in [9.17, 15) is 18.0 Å². The van der Waals surface area contributed by atoms with E-state index in [1.54, 1.807) is 13.8 Å². The van der Waals surface area contributed by atoms with Crippen LogP contribution >= 0.6 is 0 Å². The Hall–Kier alpha value is -2.09. The highest BCUT2D eigenvalue weighted by molar-refractivity contribution is 7.90. The van der Waals surface area contributed by atoms with Crippen LogP contribution in [0.2, 0.25) is 0 Å². The van der Waals surface area contributed by atoms with E-state index >= 15 is 0 Å². The van der Waals surface area contributed by atoms with Gasteiger partial charge in [0.1, 0.15) is 0 Å². The molecule has 0 bridgehead atoms. The van der Waals surface area contributed by atoms with E-state index in [1.807, 2.05) is 11.6 Å². The Morgan fingerprint density at radius 1 is 1.13 bits per heavy atom. The van der Waals surface area contributed by atoms with Gasteiger partial charge >= 0.3 is 6.03 Å². The third kappa shape index (κ3) is 6.27. The van der Waals surface area contributed by atoms with Crippen LogP contribution in [-0.4, -0.2) is 26.9 Å². The highest BCUT2D eigenvalue weighted by Crippen LogP contribution is 2.14. The normalized spacial score (nSPS) is 11.1. The van der Waals surface area contributed by atoms with Gasteiger partial charge in [-0.25, -0.2) is 17.9 Å². The SMILES string of the molecule is CCCCNC(=O)NS(=O)(=O)c1ccc(NC(=O)C(C)C)cc1. The smallest absolute Gasteiger partial charge is 0.328 e. The molecule has 0 spiro atoms. The number of urea groups is 1. The number of nitrogens with one attached hydrogen (secondary N) is 3. The highest BCUT2D eigenvalue weighted by Gasteiger charge is 2.17. The summed E-state index contributed by atoms with van der Waals surface area (Å²) in [6.07, 6.45) is 1.67. The number of carbonyl (C=O) groups is 2. The summed E-state index contributed by atoms with van der Waals surface area (Å²) >= 11 is 0. The first-order valence-electron chi connectivity index (χ1n) is 7.48.